The molecule has 108 valence electrons. The van der Waals surface area contributed by atoms with Crippen LogP contribution in [0.25, 0.3) is 0 Å². The van der Waals surface area contributed by atoms with Crippen molar-refractivity contribution in [3.8, 4) is 0 Å². The smallest absolute Gasteiger partial charge is 0.322 e. The SMILES string of the molecule is CC(=O)OC1C(C)CCN(OC(C)=O)C1OC(C)=O. The van der Waals surface area contributed by atoms with Gasteiger partial charge in [0.05, 0.1) is 0 Å². The topological polar surface area (TPSA) is 82.1 Å². The lowest BCUT2D eigenvalue weighted by atomic mass is 9.95. The molecule has 1 saturated heterocycles. The Morgan fingerprint density at radius 2 is 1.58 bits per heavy atom. The quantitative estimate of drug-likeness (QED) is 0.697. The van der Waals surface area contributed by atoms with Crippen molar-refractivity contribution in [1.82, 2.24) is 5.06 Å². The van der Waals surface area contributed by atoms with Crippen molar-refractivity contribution >= 4 is 17.9 Å². The number of esters is 2. The maximum Gasteiger partial charge on any atom is 0.322 e. The van der Waals surface area contributed by atoms with Gasteiger partial charge >= 0.3 is 17.9 Å². The molecule has 0 amide bonds. The van der Waals surface area contributed by atoms with Gasteiger partial charge in [-0.2, -0.15) is 0 Å². The first kappa shape index (κ1) is 15.4. The van der Waals surface area contributed by atoms with Crippen molar-refractivity contribution in [3.05, 3.63) is 0 Å². The molecule has 1 aliphatic heterocycles. The summed E-state index contributed by atoms with van der Waals surface area (Å²) in [7, 11) is 0. The van der Waals surface area contributed by atoms with Gasteiger partial charge in [-0.3, -0.25) is 14.4 Å². The van der Waals surface area contributed by atoms with E-state index in [9.17, 15) is 14.4 Å². The zero-order valence-corrected chi connectivity index (χ0v) is 11.5. The molecular weight excluding hydrogens is 254 g/mol. The average molecular weight is 273 g/mol. The number of hydroxylamine groups is 2. The summed E-state index contributed by atoms with van der Waals surface area (Å²) < 4.78 is 10.3. The molecule has 3 unspecified atom stereocenters. The van der Waals surface area contributed by atoms with Crippen molar-refractivity contribution in [2.75, 3.05) is 6.54 Å². The van der Waals surface area contributed by atoms with E-state index < -0.39 is 30.2 Å². The molecule has 1 aliphatic rings. The molecule has 1 heterocycles. The fourth-order valence-corrected chi connectivity index (χ4v) is 1.99. The second-order valence-corrected chi connectivity index (χ2v) is 4.56. The Balaban J connectivity index is 2.89. The molecule has 0 aromatic rings. The van der Waals surface area contributed by atoms with E-state index in [0.717, 1.165) is 0 Å². The van der Waals surface area contributed by atoms with Crippen LogP contribution in [0, 0.1) is 5.92 Å². The van der Waals surface area contributed by atoms with E-state index in [-0.39, 0.29) is 5.92 Å². The van der Waals surface area contributed by atoms with Crippen LogP contribution in [0.3, 0.4) is 0 Å². The molecule has 7 nitrogen and oxygen atoms in total. The average Bonchev–Trinajstić information content (AvgIpc) is 2.25. The Morgan fingerprint density at radius 3 is 2.05 bits per heavy atom. The van der Waals surface area contributed by atoms with Gasteiger partial charge in [0.25, 0.3) is 0 Å². The third-order valence-corrected chi connectivity index (χ3v) is 2.77. The highest BCUT2D eigenvalue weighted by Gasteiger charge is 2.42. The molecule has 0 aromatic carbocycles. The minimum absolute atomic E-state index is 0.0000539. The number of carbonyl (C=O) groups is 3. The monoisotopic (exact) mass is 273 g/mol. The zero-order valence-electron chi connectivity index (χ0n) is 11.5. The van der Waals surface area contributed by atoms with Crippen LogP contribution in [-0.2, 0) is 28.7 Å². The Bertz CT molecular complexity index is 369. The summed E-state index contributed by atoms with van der Waals surface area (Å²) in [6.07, 6.45) is -0.910. The molecule has 19 heavy (non-hydrogen) atoms. The molecule has 0 N–H and O–H groups in total. The van der Waals surface area contributed by atoms with E-state index in [1.54, 1.807) is 0 Å². The molecule has 0 aliphatic carbocycles. The summed E-state index contributed by atoms with van der Waals surface area (Å²) in [5, 5.41) is 1.25. The lowest BCUT2D eigenvalue weighted by molar-refractivity contribution is -0.279. The van der Waals surface area contributed by atoms with Gasteiger partial charge in [0.2, 0.25) is 6.23 Å². The fourth-order valence-electron chi connectivity index (χ4n) is 1.99. The molecular formula is C12H19NO6. The van der Waals surface area contributed by atoms with Crippen LogP contribution in [0.15, 0.2) is 0 Å². The maximum absolute atomic E-state index is 11.2. The molecule has 0 aromatic heterocycles. The van der Waals surface area contributed by atoms with Gasteiger partial charge in [0.15, 0.2) is 6.10 Å². The Kier molecular flexibility index (Phi) is 5.29. The molecule has 3 atom stereocenters. The highest BCUT2D eigenvalue weighted by molar-refractivity contribution is 5.67. The van der Waals surface area contributed by atoms with E-state index in [1.807, 2.05) is 6.92 Å². The molecule has 1 rings (SSSR count). The van der Waals surface area contributed by atoms with Gasteiger partial charge in [-0.05, 0) is 12.3 Å². The summed E-state index contributed by atoms with van der Waals surface area (Å²) in [5.41, 5.74) is 0. The predicted octanol–water partition coefficient (Wildman–Crippen LogP) is 0.627. The van der Waals surface area contributed by atoms with E-state index >= 15 is 0 Å². The molecule has 1 fully saturated rings. The summed E-state index contributed by atoms with van der Waals surface area (Å²) in [5.74, 6) is -1.53. The van der Waals surface area contributed by atoms with E-state index in [4.69, 9.17) is 14.3 Å². The normalized spacial score (nSPS) is 27.5. The Morgan fingerprint density at radius 1 is 1.00 bits per heavy atom. The van der Waals surface area contributed by atoms with Crippen molar-refractivity contribution < 1.29 is 28.7 Å². The number of nitrogens with zero attached hydrogens (tertiary/aromatic N) is 1. The van der Waals surface area contributed by atoms with Gasteiger partial charge in [-0.1, -0.05) is 12.0 Å². The molecule has 0 radical (unpaired) electrons. The van der Waals surface area contributed by atoms with E-state index in [1.165, 1.54) is 25.8 Å². The number of ether oxygens (including phenoxy) is 2. The van der Waals surface area contributed by atoms with Crippen molar-refractivity contribution in [2.45, 2.75) is 46.4 Å². The first-order chi connectivity index (χ1) is 8.81. The molecule has 0 saturated carbocycles. The third kappa shape index (κ3) is 4.51. The van der Waals surface area contributed by atoms with Crippen LogP contribution in [0.4, 0.5) is 0 Å². The van der Waals surface area contributed by atoms with Crippen molar-refractivity contribution in [1.29, 1.82) is 0 Å². The van der Waals surface area contributed by atoms with Crippen LogP contribution in [-0.4, -0.2) is 41.8 Å². The van der Waals surface area contributed by atoms with Crippen LogP contribution in [0.5, 0.6) is 0 Å². The van der Waals surface area contributed by atoms with Crippen LogP contribution >= 0.6 is 0 Å². The standard InChI is InChI=1S/C12H19NO6/c1-7-5-6-13(19-10(4)16)12(18-9(3)15)11(7)17-8(2)14/h7,11-12H,5-6H2,1-4H3. The van der Waals surface area contributed by atoms with Gasteiger partial charge < -0.3 is 14.3 Å². The summed E-state index contributed by atoms with van der Waals surface area (Å²) >= 11 is 0. The highest BCUT2D eigenvalue weighted by atomic mass is 16.7. The third-order valence-electron chi connectivity index (χ3n) is 2.77. The maximum atomic E-state index is 11.2. The number of piperidine rings is 1. The highest BCUT2D eigenvalue weighted by Crippen LogP contribution is 2.27. The minimum Gasteiger partial charge on any atom is -0.457 e. The van der Waals surface area contributed by atoms with Crippen molar-refractivity contribution in [2.24, 2.45) is 5.92 Å². The fraction of sp³-hybridized carbons (Fsp3) is 0.750. The van der Waals surface area contributed by atoms with Gasteiger partial charge in [0.1, 0.15) is 0 Å². The first-order valence-corrected chi connectivity index (χ1v) is 6.11. The summed E-state index contributed by atoms with van der Waals surface area (Å²) in [6.45, 7) is 6.08. The van der Waals surface area contributed by atoms with Crippen LogP contribution < -0.4 is 0 Å². The lowest BCUT2D eigenvalue weighted by Gasteiger charge is -2.40. The first-order valence-electron chi connectivity index (χ1n) is 6.11. The van der Waals surface area contributed by atoms with Crippen LogP contribution in [0.2, 0.25) is 0 Å². The summed E-state index contributed by atoms with van der Waals surface area (Å²) in [6, 6.07) is 0. The van der Waals surface area contributed by atoms with Crippen LogP contribution in [0.1, 0.15) is 34.1 Å². The number of carbonyl (C=O) groups excluding carboxylic acids is 3. The number of hydrogen-bond donors (Lipinski definition) is 0. The van der Waals surface area contributed by atoms with Gasteiger partial charge in [-0.15, -0.1) is 0 Å². The van der Waals surface area contributed by atoms with Gasteiger partial charge in [-0.25, -0.2) is 0 Å². The van der Waals surface area contributed by atoms with E-state index in [2.05, 4.69) is 0 Å². The Hall–Kier alpha value is -1.63. The number of rotatable bonds is 3. The lowest BCUT2D eigenvalue weighted by Crippen LogP contribution is -2.55. The second kappa shape index (κ2) is 6.51. The predicted molar refractivity (Wildman–Crippen MR) is 63.4 cm³/mol. The largest absolute Gasteiger partial charge is 0.457 e. The minimum atomic E-state index is -0.908. The van der Waals surface area contributed by atoms with E-state index in [0.29, 0.717) is 13.0 Å². The van der Waals surface area contributed by atoms with Gasteiger partial charge in [0, 0.05) is 27.3 Å². The Labute approximate surface area is 111 Å². The number of hydrogen-bond acceptors (Lipinski definition) is 7. The summed E-state index contributed by atoms with van der Waals surface area (Å²) in [4.78, 5) is 38.3. The second-order valence-electron chi connectivity index (χ2n) is 4.56. The molecule has 0 bridgehead atoms. The zero-order chi connectivity index (χ0) is 14.6. The molecule has 0 spiro atoms. The van der Waals surface area contributed by atoms with Crippen molar-refractivity contribution in [3.63, 3.8) is 0 Å². The molecule has 7 heteroatoms.